The van der Waals surface area contributed by atoms with Crippen LogP contribution >= 0.6 is 11.6 Å². The summed E-state index contributed by atoms with van der Waals surface area (Å²) < 4.78 is 5.18. The Morgan fingerprint density at radius 2 is 1.88 bits per heavy atom. The van der Waals surface area contributed by atoms with Crippen LogP contribution in [0.3, 0.4) is 0 Å². The van der Waals surface area contributed by atoms with Crippen LogP contribution in [-0.4, -0.2) is 29.3 Å². The molecule has 4 heteroatoms. The van der Waals surface area contributed by atoms with Gasteiger partial charge in [0.1, 0.15) is 11.9 Å². The number of methoxy groups -OCH3 is 1. The Labute approximate surface area is 101 Å². The minimum absolute atomic E-state index is 0.00564. The van der Waals surface area contributed by atoms with Gasteiger partial charge in [-0.25, -0.2) is 0 Å². The smallest absolute Gasteiger partial charge is 0.122 e. The predicted molar refractivity (Wildman–Crippen MR) is 64.2 cm³/mol. The maximum Gasteiger partial charge on any atom is 0.122 e. The molecule has 3 nitrogen and oxygen atoms in total. The molecule has 0 aliphatic heterocycles. The Bertz CT molecular complexity index is 366. The minimum Gasteiger partial charge on any atom is -0.496 e. The lowest BCUT2D eigenvalue weighted by atomic mass is 9.97. The van der Waals surface area contributed by atoms with Crippen LogP contribution in [0.5, 0.6) is 5.75 Å². The first-order valence-corrected chi connectivity index (χ1v) is 5.62. The highest BCUT2D eigenvalue weighted by molar-refractivity contribution is 6.18. The lowest BCUT2D eigenvalue weighted by Crippen LogP contribution is -2.20. The molecule has 2 atom stereocenters. The van der Waals surface area contributed by atoms with Crippen LogP contribution < -0.4 is 4.74 Å². The van der Waals surface area contributed by atoms with E-state index in [9.17, 15) is 10.2 Å². The number of ether oxygens (including phenoxy) is 1. The summed E-state index contributed by atoms with van der Waals surface area (Å²) >= 11 is 5.51. The molecule has 1 aromatic carbocycles. The summed E-state index contributed by atoms with van der Waals surface area (Å²) in [6, 6.07) is 3.66. The molecule has 0 bridgehead atoms. The van der Waals surface area contributed by atoms with Crippen LogP contribution in [0, 0.1) is 13.8 Å². The van der Waals surface area contributed by atoms with E-state index in [1.165, 1.54) is 0 Å². The van der Waals surface area contributed by atoms with Gasteiger partial charge in [-0.2, -0.15) is 0 Å². The van der Waals surface area contributed by atoms with E-state index in [-0.39, 0.29) is 5.88 Å². The van der Waals surface area contributed by atoms with E-state index in [1.54, 1.807) is 7.11 Å². The second-order valence-electron chi connectivity index (χ2n) is 3.84. The summed E-state index contributed by atoms with van der Waals surface area (Å²) in [5, 5.41) is 19.4. The van der Waals surface area contributed by atoms with Gasteiger partial charge in [0, 0.05) is 0 Å². The molecule has 0 aliphatic carbocycles. The van der Waals surface area contributed by atoms with Gasteiger partial charge < -0.3 is 14.9 Å². The Morgan fingerprint density at radius 1 is 1.25 bits per heavy atom. The molecule has 0 aromatic heterocycles. The molecule has 0 amide bonds. The number of benzene rings is 1. The Hall–Kier alpha value is -0.770. The van der Waals surface area contributed by atoms with Crippen LogP contribution in [0.2, 0.25) is 0 Å². The standard InChI is InChI=1S/C12H17ClO3/c1-7-5-11(16-3)8(2)4-9(7)12(15)10(14)6-13/h4-5,10,12,14-15H,6H2,1-3H3. The molecule has 1 aromatic rings. The molecular formula is C12H17ClO3. The zero-order valence-electron chi connectivity index (χ0n) is 9.70. The van der Waals surface area contributed by atoms with E-state index in [0.717, 1.165) is 16.9 Å². The second kappa shape index (κ2) is 5.53. The van der Waals surface area contributed by atoms with Gasteiger partial charge in [0.05, 0.1) is 19.1 Å². The molecule has 0 spiro atoms. The number of alkyl halides is 1. The number of rotatable bonds is 4. The van der Waals surface area contributed by atoms with Crippen molar-refractivity contribution >= 4 is 11.6 Å². The fourth-order valence-corrected chi connectivity index (χ4v) is 1.81. The molecular weight excluding hydrogens is 228 g/mol. The van der Waals surface area contributed by atoms with Crippen LogP contribution in [0.1, 0.15) is 22.8 Å². The molecule has 0 heterocycles. The molecule has 0 saturated carbocycles. The number of hydrogen-bond donors (Lipinski definition) is 2. The van der Waals surface area contributed by atoms with Crippen molar-refractivity contribution in [3.63, 3.8) is 0 Å². The number of halogens is 1. The molecule has 0 fully saturated rings. The molecule has 90 valence electrons. The summed E-state index contributed by atoms with van der Waals surface area (Å²) in [4.78, 5) is 0. The third-order valence-electron chi connectivity index (χ3n) is 2.62. The number of hydrogen-bond acceptors (Lipinski definition) is 3. The fraction of sp³-hybridized carbons (Fsp3) is 0.500. The van der Waals surface area contributed by atoms with E-state index in [2.05, 4.69) is 0 Å². The molecule has 0 aliphatic rings. The Balaban J connectivity index is 3.10. The van der Waals surface area contributed by atoms with Gasteiger partial charge in [-0.15, -0.1) is 11.6 Å². The van der Waals surface area contributed by atoms with Gasteiger partial charge in [0.25, 0.3) is 0 Å². The van der Waals surface area contributed by atoms with E-state index >= 15 is 0 Å². The Morgan fingerprint density at radius 3 is 2.38 bits per heavy atom. The molecule has 0 radical (unpaired) electrons. The third-order valence-corrected chi connectivity index (χ3v) is 2.94. The third kappa shape index (κ3) is 2.67. The summed E-state index contributed by atoms with van der Waals surface area (Å²) in [6.45, 7) is 3.75. The minimum atomic E-state index is -0.956. The molecule has 2 N–H and O–H groups in total. The second-order valence-corrected chi connectivity index (χ2v) is 4.15. The van der Waals surface area contributed by atoms with Crippen molar-refractivity contribution in [2.75, 3.05) is 13.0 Å². The fourth-order valence-electron chi connectivity index (χ4n) is 1.64. The van der Waals surface area contributed by atoms with Gasteiger partial charge in [0.15, 0.2) is 0 Å². The van der Waals surface area contributed by atoms with Crippen LogP contribution in [0.25, 0.3) is 0 Å². The molecule has 1 rings (SSSR count). The summed E-state index contributed by atoms with van der Waals surface area (Å²) in [6.07, 6.45) is -1.91. The zero-order valence-corrected chi connectivity index (χ0v) is 10.5. The normalized spacial score (nSPS) is 14.6. The maximum absolute atomic E-state index is 9.88. The summed E-state index contributed by atoms with van der Waals surface area (Å²) in [5.41, 5.74) is 2.48. The van der Waals surface area contributed by atoms with Crippen molar-refractivity contribution in [1.82, 2.24) is 0 Å². The van der Waals surface area contributed by atoms with Gasteiger partial charge in [-0.3, -0.25) is 0 Å². The van der Waals surface area contributed by atoms with Crippen LogP contribution in [0.4, 0.5) is 0 Å². The summed E-state index contributed by atoms with van der Waals surface area (Å²) in [7, 11) is 1.60. The summed E-state index contributed by atoms with van der Waals surface area (Å²) in [5.74, 6) is 0.778. The first-order valence-electron chi connectivity index (χ1n) is 5.08. The van der Waals surface area contributed by atoms with Gasteiger partial charge in [-0.05, 0) is 42.7 Å². The monoisotopic (exact) mass is 244 g/mol. The lowest BCUT2D eigenvalue weighted by molar-refractivity contribution is 0.0322. The van der Waals surface area contributed by atoms with Crippen molar-refractivity contribution in [3.8, 4) is 5.75 Å². The molecule has 16 heavy (non-hydrogen) atoms. The molecule has 0 saturated heterocycles. The highest BCUT2D eigenvalue weighted by Gasteiger charge is 2.20. The van der Waals surface area contributed by atoms with E-state index in [0.29, 0.717) is 5.56 Å². The largest absolute Gasteiger partial charge is 0.496 e. The van der Waals surface area contributed by atoms with Gasteiger partial charge in [-0.1, -0.05) is 0 Å². The lowest BCUT2D eigenvalue weighted by Gasteiger charge is -2.19. The Kier molecular flexibility index (Phi) is 4.59. The predicted octanol–water partition coefficient (Wildman–Crippen LogP) is 1.95. The zero-order chi connectivity index (χ0) is 12.3. The average Bonchev–Trinajstić information content (AvgIpc) is 2.29. The van der Waals surface area contributed by atoms with Gasteiger partial charge in [0.2, 0.25) is 0 Å². The van der Waals surface area contributed by atoms with E-state index in [1.807, 2.05) is 26.0 Å². The SMILES string of the molecule is COc1cc(C)c(C(O)C(O)CCl)cc1C. The topological polar surface area (TPSA) is 49.7 Å². The van der Waals surface area contributed by atoms with E-state index in [4.69, 9.17) is 16.3 Å². The first kappa shape index (κ1) is 13.3. The quantitative estimate of drug-likeness (QED) is 0.796. The first-order chi connectivity index (χ1) is 7.51. The number of aryl methyl sites for hydroxylation is 2. The maximum atomic E-state index is 9.88. The van der Waals surface area contributed by atoms with E-state index < -0.39 is 12.2 Å². The van der Waals surface area contributed by atoms with Crippen molar-refractivity contribution in [2.24, 2.45) is 0 Å². The van der Waals surface area contributed by atoms with Crippen molar-refractivity contribution < 1.29 is 14.9 Å². The highest BCUT2D eigenvalue weighted by atomic mass is 35.5. The van der Waals surface area contributed by atoms with Crippen molar-refractivity contribution in [1.29, 1.82) is 0 Å². The van der Waals surface area contributed by atoms with Crippen molar-refractivity contribution in [2.45, 2.75) is 26.1 Å². The van der Waals surface area contributed by atoms with Crippen LogP contribution in [-0.2, 0) is 0 Å². The van der Waals surface area contributed by atoms with Crippen molar-refractivity contribution in [3.05, 3.63) is 28.8 Å². The highest BCUT2D eigenvalue weighted by Crippen LogP contribution is 2.28. The molecule has 2 unspecified atom stereocenters. The van der Waals surface area contributed by atoms with Crippen LogP contribution in [0.15, 0.2) is 12.1 Å². The van der Waals surface area contributed by atoms with Gasteiger partial charge >= 0.3 is 0 Å². The number of aliphatic hydroxyl groups is 2. The average molecular weight is 245 g/mol. The number of aliphatic hydroxyl groups excluding tert-OH is 2.